The SMILES string of the molecule is N#C/C(=C\c1cc(Cl)cc(Cl)c1OCc1ccccc1Cl)C(=O)Nc1cccc(C(F)(F)F)c1. The fourth-order valence-corrected chi connectivity index (χ4v) is 3.63. The van der Waals surface area contributed by atoms with E-state index in [1.165, 1.54) is 24.3 Å². The van der Waals surface area contributed by atoms with Gasteiger partial charge in [-0.2, -0.15) is 18.4 Å². The first-order valence-electron chi connectivity index (χ1n) is 9.54. The Bertz CT molecular complexity index is 1300. The normalized spacial score (nSPS) is 11.6. The van der Waals surface area contributed by atoms with Gasteiger partial charge in [0.2, 0.25) is 0 Å². The van der Waals surface area contributed by atoms with E-state index in [2.05, 4.69) is 5.32 Å². The molecule has 0 heterocycles. The third kappa shape index (κ3) is 6.45. The lowest BCUT2D eigenvalue weighted by atomic mass is 10.1. The number of carbonyl (C=O) groups is 1. The average molecular weight is 526 g/mol. The quantitative estimate of drug-likeness (QED) is 0.264. The van der Waals surface area contributed by atoms with Gasteiger partial charge in [0.15, 0.2) is 0 Å². The summed E-state index contributed by atoms with van der Waals surface area (Å²) in [4.78, 5) is 12.6. The van der Waals surface area contributed by atoms with Gasteiger partial charge in [-0.1, -0.05) is 59.1 Å². The van der Waals surface area contributed by atoms with Gasteiger partial charge in [-0.15, -0.1) is 0 Å². The van der Waals surface area contributed by atoms with Crippen LogP contribution >= 0.6 is 34.8 Å². The fraction of sp³-hybridized carbons (Fsp3) is 0.0833. The summed E-state index contributed by atoms with van der Waals surface area (Å²) in [7, 11) is 0. The van der Waals surface area contributed by atoms with E-state index >= 15 is 0 Å². The van der Waals surface area contributed by atoms with Crippen molar-refractivity contribution in [2.75, 3.05) is 5.32 Å². The summed E-state index contributed by atoms with van der Waals surface area (Å²) in [6.45, 7) is 0.0418. The third-order valence-corrected chi connectivity index (χ3v) is 5.35. The molecule has 34 heavy (non-hydrogen) atoms. The smallest absolute Gasteiger partial charge is 0.416 e. The minimum Gasteiger partial charge on any atom is -0.487 e. The summed E-state index contributed by atoms with van der Waals surface area (Å²) in [5.41, 5.74) is -0.573. The number of benzene rings is 3. The summed E-state index contributed by atoms with van der Waals surface area (Å²) < 4.78 is 44.6. The summed E-state index contributed by atoms with van der Waals surface area (Å²) in [6.07, 6.45) is -3.40. The topological polar surface area (TPSA) is 62.1 Å². The number of hydrogen-bond acceptors (Lipinski definition) is 3. The minimum absolute atomic E-state index is 0.0418. The molecule has 174 valence electrons. The second kappa shape index (κ2) is 10.8. The Balaban J connectivity index is 1.90. The lowest BCUT2D eigenvalue weighted by Crippen LogP contribution is -2.14. The number of nitriles is 1. The number of ether oxygens (including phenoxy) is 1. The van der Waals surface area contributed by atoms with Crippen molar-refractivity contribution >= 4 is 52.5 Å². The van der Waals surface area contributed by atoms with E-state index in [1.54, 1.807) is 30.3 Å². The molecule has 0 aromatic heterocycles. The van der Waals surface area contributed by atoms with Crippen molar-refractivity contribution in [2.45, 2.75) is 12.8 Å². The zero-order valence-electron chi connectivity index (χ0n) is 17.1. The standard InChI is InChI=1S/C24H14Cl3F3N2O2/c25-18-9-15(22(21(27)11-18)34-13-14-4-1-2-7-20(14)26)8-16(12-31)23(33)32-19-6-3-5-17(10-19)24(28,29)30/h1-11H,13H2,(H,32,33)/b16-8+. The molecule has 1 amide bonds. The van der Waals surface area contributed by atoms with Crippen LogP contribution in [0.5, 0.6) is 5.75 Å². The number of nitrogens with zero attached hydrogens (tertiary/aromatic N) is 1. The summed E-state index contributed by atoms with van der Waals surface area (Å²) in [6, 6.07) is 15.6. The molecule has 1 N–H and O–H groups in total. The number of carbonyl (C=O) groups excluding carboxylic acids is 1. The monoisotopic (exact) mass is 524 g/mol. The Morgan fingerprint density at radius 3 is 2.44 bits per heavy atom. The molecule has 0 aliphatic heterocycles. The van der Waals surface area contributed by atoms with E-state index in [0.29, 0.717) is 10.6 Å². The van der Waals surface area contributed by atoms with E-state index < -0.39 is 23.2 Å². The average Bonchev–Trinajstić information content (AvgIpc) is 2.77. The molecule has 0 bridgehead atoms. The zero-order valence-corrected chi connectivity index (χ0v) is 19.4. The Morgan fingerprint density at radius 2 is 1.76 bits per heavy atom. The largest absolute Gasteiger partial charge is 0.487 e. The van der Waals surface area contributed by atoms with Crippen LogP contribution in [0.25, 0.3) is 6.08 Å². The highest BCUT2D eigenvalue weighted by Crippen LogP contribution is 2.35. The van der Waals surface area contributed by atoms with Crippen LogP contribution in [-0.4, -0.2) is 5.91 Å². The zero-order chi connectivity index (χ0) is 24.9. The Morgan fingerprint density at radius 1 is 1.03 bits per heavy atom. The predicted octanol–water partition coefficient (Wildman–Crippen LogP) is 7.79. The first-order valence-corrected chi connectivity index (χ1v) is 10.7. The van der Waals surface area contributed by atoms with Gasteiger partial charge in [-0.3, -0.25) is 4.79 Å². The number of hydrogen-bond donors (Lipinski definition) is 1. The first-order chi connectivity index (χ1) is 16.1. The van der Waals surface area contributed by atoms with Gasteiger partial charge in [0.05, 0.1) is 10.6 Å². The molecule has 0 spiro atoms. The number of amides is 1. The van der Waals surface area contributed by atoms with E-state index in [4.69, 9.17) is 39.5 Å². The lowest BCUT2D eigenvalue weighted by molar-refractivity contribution is -0.137. The molecule has 0 saturated heterocycles. The fourth-order valence-electron chi connectivity index (χ4n) is 2.88. The van der Waals surface area contributed by atoms with E-state index in [1.807, 2.05) is 0 Å². The Hall–Kier alpha value is -3.18. The van der Waals surface area contributed by atoms with Gasteiger partial charge in [0, 0.05) is 26.9 Å². The second-order valence-electron chi connectivity index (χ2n) is 6.89. The van der Waals surface area contributed by atoms with Crippen molar-refractivity contribution in [1.82, 2.24) is 0 Å². The molecular formula is C24H14Cl3F3N2O2. The Kier molecular flexibility index (Phi) is 8.11. The molecule has 0 saturated carbocycles. The second-order valence-corrected chi connectivity index (χ2v) is 8.14. The van der Waals surface area contributed by atoms with E-state index in [9.17, 15) is 23.2 Å². The van der Waals surface area contributed by atoms with Crippen molar-refractivity contribution in [2.24, 2.45) is 0 Å². The molecule has 10 heteroatoms. The van der Waals surface area contributed by atoms with Crippen LogP contribution < -0.4 is 10.1 Å². The van der Waals surface area contributed by atoms with Crippen molar-refractivity contribution < 1.29 is 22.7 Å². The van der Waals surface area contributed by atoms with Crippen molar-refractivity contribution in [3.8, 4) is 11.8 Å². The van der Waals surface area contributed by atoms with Crippen LogP contribution in [0, 0.1) is 11.3 Å². The summed E-state index contributed by atoms with van der Waals surface area (Å²) in [5, 5.41) is 12.6. The van der Waals surface area contributed by atoms with Crippen molar-refractivity contribution in [1.29, 1.82) is 5.26 Å². The van der Waals surface area contributed by atoms with Crippen molar-refractivity contribution in [3.63, 3.8) is 0 Å². The molecule has 0 aliphatic rings. The molecule has 0 atom stereocenters. The predicted molar refractivity (Wildman–Crippen MR) is 126 cm³/mol. The van der Waals surface area contributed by atoms with Crippen LogP contribution in [0.15, 0.2) is 66.2 Å². The number of alkyl halides is 3. The highest BCUT2D eigenvalue weighted by atomic mass is 35.5. The molecule has 0 fully saturated rings. The van der Waals surface area contributed by atoms with Gasteiger partial charge < -0.3 is 10.1 Å². The summed E-state index contributed by atoms with van der Waals surface area (Å²) in [5.74, 6) is -0.777. The van der Waals surface area contributed by atoms with Crippen LogP contribution in [0.3, 0.4) is 0 Å². The highest BCUT2D eigenvalue weighted by Gasteiger charge is 2.30. The van der Waals surface area contributed by atoms with Gasteiger partial charge in [-0.05, 0) is 42.5 Å². The van der Waals surface area contributed by atoms with Gasteiger partial charge in [-0.25, -0.2) is 0 Å². The summed E-state index contributed by atoms with van der Waals surface area (Å²) >= 11 is 18.5. The maximum Gasteiger partial charge on any atom is 0.416 e. The molecule has 0 radical (unpaired) electrons. The van der Waals surface area contributed by atoms with Crippen LogP contribution in [0.4, 0.5) is 18.9 Å². The molecule has 4 nitrogen and oxygen atoms in total. The molecular weight excluding hydrogens is 512 g/mol. The first kappa shape index (κ1) is 25.4. The van der Waals surface area contributed by atoms with Crippen molar-refractivity contribution in [3.05, 3.63) is 98.0 Å². The van der Waals surface area contributed by atoms with Crippen LogP contribution in [0.1, 0.15) is 16.7 Å². The number of anilines is 1. The lowest BCUT2D eigenvalue weighted by Gasteiger charge is -2.13. The van der Waals surface area contributed by atoms with E-state index in [-0.39, 0.29) is 33.7 Å². The highest BCUT2D eigenvalue weighted by molar-refractivity contribution is 6.36. The molecule has 3 aromatic rings. The molecule has 3 aromatic carbocycles. The van der Waals surface area contributed by atoms with Crippen LogP contribution in [0.2, 0.25) is 15.1 Å². The third-order valence-electron chi connectivity index (χ3n) is 4.48. The molecule has 3 rings (SSSR count). The van der Waals surface area contributed by atoms with Crippen LogP contribution in [-0.2, 0) is 17.6 Å². The maximum atomic E-state index is 12.9. The maximum absolute atomic E-state index is 12.9. The molecule has 0 aliphatic carbocycles. The Labute approximate surface area is 208 Å². The number of halogens is 6. The number of nitrogens with one attached hydrogen (secondary N) is 1. The minimum atomic E-state index is -4.58. The van der Waals surface area contributed by atoms with Gasteiger partial charge in [0.1, 0.15) is 24.0 Å². The number of rotatable bonds is 6. The van der Waals surface area contributed by atoms with Gasteiger partial charge >= 0.3 is 6.18 Å². The van der Waals surface area contributed by atoms with E-state index in [0.717, 1.165) is 18.2 Å². The van der Waals surface area contributed by atoms with Gasteiger partial charge in [0.25, 0.3) is 5.91 Å². The molecule has 0 unspecified atom stereocenters.